The van der Waals surface area contributed by atoms with Gasteiger partial charge in [0.2, 0.25) is 5.91 Å². The number of hydrogen-bond donors (Lipinski definition) is 1. The molecule has 1 aliphatic heterocycles. The van der Waals surface area contributed by atoms with Gasteiger partial charge in [0.25, 0.3) is 0 Å². The summed E-state index contributed by atoms with van der Waals surface area (Å²) in [6, 6.07) is -0.955. The summed E-state index contributed by atoms with van der Waals surface area (Å²) in [7, 11) is 1.22. The summed E-state index contributed by atoms with van der Waals surface area (Å²) in [4.78, 5) is 57.8. The molecule has 1 fully saturated rings. The Morgan fingerprint density at radius 2 is 1.52 bits per heavy atom. The molecule has 11 nitrogen and oxygen atoms in total. The van der Waals surface area contributed by atoms with Gasteiger partial charge in [-0.1, -0.05) is 0 Å². The van der Waals surface area contributed by atoms with Gasteiger partial charge in [0, 0.05) is 27.7 Å². The van der Waals surface area contributed by atoms with Crippen LogP contribution in [-0.2, 0) is 47.7 Å². The van der Waals surface area contributed by atoms with Gasteiger partial charge in [0.1, 0.15) is 24.2 Å². The fraction of sp³-hybridized carbons (Fsp3) is 0.706. The maximum absolute atomic E-state index is 11.7. The van der Waals surface area contributed by atoms with Crippen LogP contribution in [0.1, 0.15) is 27.7 Å². The monoisotopic (exact) mass is 435 g/mol. The molecule has 1 saturated heterocycles. The second-order valence-electron chi connectivity index (χ2n) is 6.11. The molecular formula is C17H25NO10S. The highest BCUT2D eigenvalue weighted by Crippen LogP contribution is 2.32. The molecule has 12 heteroatoms. The minimum Gasteiger partial charge on any atom is -0.468 e. The molecule has 0 spiro atoms. The van der Waals surface area contributed by atoms with Crippen molar-refractivity contribution in [1.29, 1.82) is 0 Å². The molecule has 5 unspecified atom stereocenters. The third kappa shape index (κ3) is 8.28. The predicted molar refractivity (Wildman–Crippen MR) is 98.5 cm³/mol. The van der Waals surface area contributed by atoms with Crippen LogP contribution in [0.25, 0.3) is 0 Å². The summed E-state index contributed by atoms with van der Waals surface area (Å²) in [5, 5.41) is 2.60. The molecule has 0 bridgehead atoms. The Morgan fingerprint density at radius 1 is 0.931 bits per heavy atom. The number of amides is 1. The van der Waals surface area contributed by atoms with Crippen LogP contribution in [-0.4, -0.2) is 79.0 Å². The number of methoxy groups -OCH3 is 1. The van der Waals surface area contributed by atoms with Gasteiger partial charge in [-0.2, -0.15) is 0 Å². The van der Waals surface area contributed by atoms with Gasteiger partial charge in [0.15, 0.2) is 12.2 Å². The van der Waals surface area contributed by atoms with E-state index in [9.17, 15) is 24.0 Å². The van der Waals surface area contributed by atoms with Crippen LogP contribution >= 0.6 is 11.8 Å². The largest absolute Gasteiger partial charge is 0.468 e. The van der Waals surface area contributed by atoms with Crippen molar-refractivity contribution in [3.8, 4) is 0 Å². The quantitative estimate of drug-likeness (QED) is 0.391. The summed E-state index contributed by atoms with van der Waals surface area (Å²) in [6.07, 6.45) is -3.32. The molecule has 0 radical (unpaired) electrons. The smallest absolute Gasteiger partial charge is 0.315 e. The lowest BCUT2D eigenvalue weighted by Crippen LogP contribution is -2.65. The van der Waals surface area contributed by atoms with Crippen LogP contribution in [0.15, 0.2) is 0 Å². The average Bonchev–Trinajstić information content (AvgIpc) is 2.60. The predicted octanol–water partition coefficient (Wildman–Crippen LogP) is -0.451. The Kier molecular flexibility index (Phi) is 9.89. The molecule has 29 heavy (non-hydrogen) atoms. The number of thioether (sulfide) groups is 1. The molecule has 0 saturated carbocycles. The van der Waals surface area contributed by atoms with Crippen LogP contribution in [0.5, 0.6) is 0 Å². The molecule has 0 aromatic heterocycles. The number of ether oxygens (including phenoxy) is 5. The number of hydrogen-bond acceptors (Lipinski definition) is 11. The van der Waals surface area contributed by atoms with Gasteiger partial charge in [-0.3, -0.25) is 24.0 Å². The van der Waals surface area contributed by atoms with Crippen molar-refractivity contribution < 1.29 is 47.7 Å². The van der Waals surface area contributed by atoms with Crippen LogP contribution in [0, 0.1) is 0 Å². The first-order valence-electron chi connectivity index (χ1n) is 8.64. The number of rotatable bonds is 8. The minimum atomic E-state index is -1.16. The Bertz CT molecular complexity index is 640. The lowest BCUT2D eigenvalue weighted by molar-refractivity contribution is -0.211. The van der Waals surface area contributed by atoms with Crippen molar-refractivity contribution in [2.45, 2.75) is 57.5 Å². The standard InChI is InChI=1S/C17H25NO10S/c1-8(19)18-14-16(27-11(4)22)15(26-10(3)21)12(6-25-9(2)20)28-17(14)29-7-13(23)24-5/h12,14-17H,6-7H2,1-5H3,(H,18,19). The van der Waals surface area contributed by atoms with Crippen molar-refractivity contribution in [3.05, 3.63) is 0 Å². The second-order valence-corrected chi connectivity index (χ2v) is 7.19. The van der Waals surface area contributed by atoms with Gasteiger partial charge in [-0.05, 0) is 0 Å². The first-order chi connectivity index (χ1) is 13.5. The van der Waals surface area contributed by atoms with E-state index in [-0.39, 0.29) is 12.4 Å². The van der Waals surface area contributed by atoms with E-state index < -0.39 is 59.6 Å². The van der Waals surface area contributed by atoms with E-state index in [1.165, 1.54) is 21.0 Å². The molecule has 164 valence electrons. The SMILES string of the molecule is COC(=O)CSC1OC(COC(C)=O)C(OC(C)=O)C(OC(C)=O)C1NC(C)=O. The lowest BCUT2D eigenvalue weighted by Gasteiger charge is -2.45. The minimum absolute atomic E-state index is 0.122. The molecule has 1 rings (SSSR count). The van der Waals surface area contributed by atoms with E-state index in [4.69, 9.17) is 18.9 Å². The fourth-order valence-corrected chi connectivity index (χ4v) is 3.71. The van der Waals surface area contributed by atoms with E-state index in [2.05, 4.69) is 10.1 Å². The van der Waals surface area contributed by atoms with Gasteiger partial charge in [-0.25, -0.2) is 0 Å². The average molecular weight is 435 g/mol. The Hall–Kier alpha value is -2.34. The molecule has 1 amide bonds. The molecule has 1 N–H and O–H groups in total. The maximum Gasteiger partial charge on any atom is 0.315 e. The van der Waals surface area contributed by atoms with Crippen molar-refractivity contribution in [3.63, 3.8) is 0 Å². The first kappa shape index (κ1) is 24.7. The van der Waals surface area contributed by atoms with Crippen molar-refractivity contribution in [2.24, 2.45) is 0 Å². The normalized spacial score (nSPS) is 26.0. The fourth-order valence-electron chi connectivity index (χ4n) is 2.64. The Labute approximate surface area is 172 Å². The number of carbonyl (C=O) groups excluding carboxylic acids is 5. The Balaban J connectivity index is 3.26. The molecule has 1 heterocycles. The molecule has 0 aromatic rings. The molecular weight excluding hydrogens is 410 g/mol. The zero-order chi connectivity index (χ0) is 22.1. The van der Waals surface area contributed by atoms with E-state index >= 15 is 0 Å². The summed E-state index contributed by atoms with van der Waals surface area (Å²) < 4.78 is 26.1. The highest BCUT2D eigenvalue weighted by atomic mass is 32.2. The highest BCUT2D eigenvalue weighted by Gasteiger charge is 2.51. The van der Waals surface area contributed by atoms with E-state index in [0.29, 0.717) is 0 Å². The topological polar surface area (TPSA) is 144 Å². The zero-order valence-electron chi connectivity index (χ0n) is 16.8. The van der Waals surface area contributed by atoms with E-state index in [1.807, 2.05) is 0 Å². The third-order valence-electron chi connectivity index (χ3n) is 3.66. The molecule has 0 aliphatic carbocycles. The molecule has 1 aliphatic rings. The maximum atomic E-state index is 11.7. The first-order valence-corrected chi connectivity index (χ1v) is 9.68. The van der Waals surface area contributed by atoms with Crippen LogP contribution in [0.2, 0.25) is 0 Å². The van der Waals surface area contributed by atoms with Crippen molar-refractivity contribution in [2.75, 3.05) is 19.5 Å². The lowest BCUT2D eigenvalue weighted by atomic mass is 9.97. The van der Waals surface area contributed by atoms with Gasteiger partial charge >= 0.3 is 23.9 Å². The molecule has 0 aromatic carbocycles. The van der Waals surface area contributed by atoms with Crippen LogP contribution < -0.4 is 5.32 Å². The summed E-state index contributed by atoms with van der Waals surface area (Å²) >= 11 is 0.986. The third-order valence-corrected chi connectivity index (χ3v) is 4.80. The Morgan fingerprint density at radius 3 is 2.00 bits per heavy atom. The zero-order valence-corrected chi connectivity index (χ0v) is 17.6. The summed E-state index contributed by atoms with van der Waals surface area (Å²) in [5.41, 5.74) is -0.894. The van der Waals surface area contributed by atoms with Gasteiger partial charge < -0.3 is 29.0 Å². The summed E-state index contributed by atoms with van der Waals surface area (Å²) in [6.45, 7) is 4.45. The van der Waals surface area contributed by atoms with Gasteiger partial charge in [-0.15, -0.1) is 11.8 Å². The van der Waals surface area contributed by atoms with Crippen molar-refractivity contribution >= 4 is 41.5 Å². The number of nitrogens with one attached hydrogen (secondary N) is 1. The molecule has 5 atom stereocenters. The van der Waals surface area contributed by atoms with Crippen molar-refractivity contribution in [1.82, 2.24) is 5.32 Å². The van der Waals surface area contributed by atoms with E-state index in [0.717, 1.165) is 25.6 Å². The number of carbonyl (C=O) groups is 5. The van der Waals surface area contributed by atoms with E-state index in [1.54, 1.807) is 0 Å². The second kappa shape index (κ2) is 11.6. The van der Waals surface area contributed by atoms with Gasteiger partial charge in [0.05, 0.1) is 12.9 Å². The van der Waals surface area contributed by atoms with Crippen LogP contribution in [0.3, 0.4) is 0 Å². The highest BCUT2D eigenvalue weighted by molar-refractivity contribution is 8.00. The number of esters is 4. The summed E-state index contributed by atoms with van der Waals surface area (Å²) in [5.74, 6) is -3.09. The van der Waals surface area contributed by atoms with Crippen LogP contribution in [0.4, 0.5) is 0 Å².